The summed E-state index contributed by atoms with van der Waals surface area (Å²) in [6.07, 6.45) is 4.63. The van der Waals surface area contributed by atoms with Gasteiger partial charge in [0.15, 0.2) is 11.5 Å². The van der Waals surface area contributed by atoms with Crippen LogP contribution in [0.4, 0.5) is 0 Å². The molecule has 1 saturated carbocycles. The predicted molar refractivity (Wildman–Crippen MR) is 119 cm³/mol. The minimum atomic E-state index is -3.34. The van der Waals surface area contributed by atoms with Gasteiger partial charge in [0.25, 0.3) is 0 Å². The van der Waals surface area contributed by atoms with E-state index in [-0.39, 0.29) is 11.8 Å². The first-order valence-electron chi connectivity index (χ1n) is 11.5. The third-order valence-corrected chi connectivity index (χ3v) is 9.05. The topological polar surface area (TPSA) is 85.1 Å². The van der Waals surface area contributed by atoms with Crippen LogP contribution in [0.15, 0.2) is 40.9 Å². The Morgan fingerprint density at radius 3 is 2.53 bits per heavy atom. The molecule has 2 saturated heterocycles. The lowest BCUT2D eigenvalue weighted by Crippen LogP contribution is -2.63. The van der Waals surface area contributed by atoms with Crippen molar-refractivity contribution in [2.45, 2.75) is 49.7 Å². The monoisotopic (exact) mass is 461 g/mol. The SMILES string of the molecule is O=S(=O)(C1CCCCC1)N1CCOC2(CN(Cc3cc(-c4ccccc4)no3)CCO2)C1. The van der Waals surface area contributed by atoms with Gasteiger partial charge in [-0.2, -0.15) is 4.31 Å². The van der Waals surface area contributed by atoms with Crippen LogP contribution in [-0.4, -0.2) is 73.2 Å². The first-order valence-corrected chi connectivity index (χ1v) is 13.0. The number of aromatic nitrogens is 1. The minimum Gasteiger partial charge on any atom is -0.359 e. The molecule has 2 aromatic rings. The van der Waals surface area contributed by atoms with Crippen LogP contribution in [0, 0.1) is 0 Å². The molecule has 8 nitrogen and oxygen atoms in total. The molecule has 1 atom stereocenters. The van der Waals surface area contributed by atoms with Crippen molar-refractivity contribution < 1.29 is 22.4 Å². The fourth-order valence-corrected chi connectivity index (χ4v) is 7.07. The van der Waals surface area contributed by atoms with Crippen LogP contribution in [0.5, 0.6) is 0 Å². The molecule has 0 N–H and O–H groups in total. The molecule has 1 aromatic carbocycles. The van der Waals surface area contributed by atoms with Crippen molar-refractivity contribution >= 4 is 10.0 Å². The number of morpholine rings is 2. The second-order valence-corrected chi connectivity index (χ2v) is 11.2. The smallest absolute Gasteiger partial charge is 0.217 e. The lowest BCUT2D eigenvalue weighted by molar-refractivity contribution is -0.285. The third kappa shape index (κ3) is 4.63. The summed E-state index contributed by atoms with van der Waals surface area (Å²) in [5.41, 5.74) is 1.82. The molecule has 0 bridgehead atoms. The van der Waals surface area contributed by atoms with Gasteiger partial charge in [0.05, 0.1) is 38.1 Å². The number of nitrogens with zero attached hydrogens (tertiary/aromatic N) is 3. The lowest BCUT2D eigenvalue weighted by atomic mass is 10.0. The number of hydrogen-bond acceptors (Lipinski definition) is 7. The van der Waals surface area contributed by atoms with Crippen molar-refractivity contribution in [1.82, 2.24) is 14.4 Å². The van der Waals surface area contributed by atoms with E-state index in [1.165, 1.54) is 0 Å². The molecular weight excluding hydrogens is 430 g/mol. The maximum Gasteiger partial charge on any atom is 0.217 e. The Balaban J connectivity index is 1.25. The molecule has 1 unspecified atom stereocenters. The maximum atomic E-state index is 13.3. The summed E-state index contributed by atoms with van der Waals surface area (Å²) in [6.45, 7) is 3.26. The fraction of sp³-hybridized carbons (Fsp3) is 0.609. The summed E-state index contributed by atoms with van der Waals surface area (Å²) >= 11 is 0. The summed E-state index contributed by atoms with van der Waals surface area (Å²) in [5, 5.41) is 3.93. The molecule has 3 fully saturated rings. The summed E-state index contributed by atoms with van der Waals surface area (Å²) in [6, 6.07) is 11.9. The second kappa shape index (κ2) is 9.23. The Kier molecular flexibility index (Phi) is 6.35. The van der Waals surface area contributed by atoms with E-state index in [4.69, 9.17) is 14.0 Å². The standard InChI is InChI=1S/C23H31N3O5S/c27-32(28,21-9-5-2-6-10-21)26-12-14-30-23(18-26)17-25(11-13-29-23)16-20-15-22(24-31-20)19-7-3-1-4-8-19/h1,3-4,7-8,15,21H,2,5-6,9-14,16-18H2. The fourth-order valence-electron chi connectivity index (χ4n) is 5.01. The first-order chi connectivity index (χ1) is 15.5. The average Bonchev–Trinajstić information content (AvgIpc) is 3.29. The van der Waals surface area contributed by atoms with Gasteiger partial charge in [-0.05, 0) is 12.8 Å². The minimum absolute atomic E-state index is 0.244. The molecule has 1 aromatic heterocycles. The van der Waals surface area contributed by atoms with Crippen molar-refractivity contribution in [2.24, 2.45) is 0 Å². The number of hydrogen-bond donors (Lipinski definition) is 0. The van der Waals surface area contributed by atoms with Gasteiger partial charge in [-0.1, -0.05) is 54.8 Å². The highest BCUT2D eigenvalue weighted by molar-refractivity contribution is 7.89. The highest BCUT2D eigenvalue weighted by Gasteiger charge is 2.46. The molecule has 2 aliphatic heterocycles. The molecule has 0 radical (unpaired) electrons. The zero-order chi connectivity index (χ0) is 22.0. The molecular formula is C23H31N3O5S. The van der Waals surface area contributed by atoms with Gasteiger partial charge in [-0.15, -0.1) is 0 Å². The number of rotatable bonds is 5. The Labute approximate surface area is 189 Å². The van der Waals surface area contributed by atoms with Crippen LogP contribution in [0.2, 0.25) is 0 Å². The third-order valence-electron chi connectivity index (χ3n) is 6.70. The molecule has 9 heteroatoms. The first kappa shape index (κ1) is 22.0. The maximum absolute atomic E-state index is 13.3. The molecule has 1 spiro atoms. The molecule has 174 valence electrons. The highest BCUT2D eigenvalue weighted by atomic mass is 32.2. The van der Waals surface area contributed by atoms with Gasteiger partial charge in [0.1, 0.15) is 5.69 Å². The number of ether oxygens (including phenoxy) is 2. The van der Waals surface area contributed by atoms with E-state index in [9.17, 15) is 8.42 Å². The summed E-state index contributed by atoms with van der Waals surface area (Å²) in [4.78, 5) is 2.19. The Morgan fingerprint density at radius 1 is 1.00 bits per heavy atom. The van der Waals surface area contributed by atoms with Gasteiger partial charge in [0, 0.05) is 24.7 Å². The molecule has 0 amide bonds. The van der Waals surface area contributed by atoms with Crippen LogP contribution < -0.4 is 0 Å². The molecule has 5 rings (SSSR count). The van der Waals surface area contributed by atoms with E-state index >= 15 is 0 Å². The van der Waals surface area contributed by atoms with Gasteiger partial charge < -0.3 is 14.0 Å². The average molecular weight is 462 g/mol. The zero-order valence-electron chi connectivity index (χ0n) is 18.3. The van der Waals surface area contributed by atoms with E-state index in [0.717, 1.165) is 55.7 Å². The van der Waals surface area contributed by atoms with Crippen LogP contribution in [-0.2, 0) is 26.0 Å². The second-order valence-electron chi connectivity index (χ2n) is 9.00. The lowest BCUT2D eigenvalue weighted by Gasteiger charge is -2.47. The molecule has 32 heavy (non-hydrogen) atoms. The van der Waals surface area contributed by atoms with Crippen molar-refractivity contribution in [2.75, 3.05) is 39.4 Å². The molecule has 3 aliphatic rings. The summed E-state index contributed by atoms with van der Waals surface area (Å²) < 4.78 is 45.8. The van der Waals surface area contributed by atoms with E-state index in [1.807, 2.05) is 36.4 Å². The van der Waals surface area contributed by atoms with Gasteiger partial charge >= 0.3 is 0 Å². The highest BCUT2D eigenvalue weighted by Crippen LogP contribution is 2.31. The summed E-state index contributed by atoms with van der Waals surface area (Å²) in [5.74, 6) is -0.163. The number of benzene rings is 1. The van der Waals surface area contributed by atoms with Gasteiger partial charge in [-0.25, -0.2) is 8.42 Å². The van der Waals surface area contributed by atoms with E-state index in [2.05, 4.69) is 10.1 Å². The van der Waals surface area contributed by atoms with Gasteiger partial charge in [-0.3, -0.25) is 4.90 Å². The van der Waals surface area contributed by atoms with Crippen molar-refractivity contribution in [3.63, 3.8) is 0 Å². The number of sulfonamides is 1. The summed E-state index contributed by atoms with van der Waals surface area (Å²) in [7, 11) is -3.34. The van der Waals surface area contributed by atoms with Crippen LogP contribution in [0.1, 0.15) is 37.9 Å². The van der Waals surface area contributed by atoms with Crippen LogP contribution in [0.3, 0.4) is 0 Å². The van der Waals surface area contributed by atoms with E-state index in [1.54, 1.807) is 4.31 Å². The van der Waals surface area contributed by atoms with E-state index in [0.29, 0.717) is 32.8 Å². The predicted octanol–water partition coefficient (Wildman–Crippen LogP) is 2.86. The largest absolute Gasteiger partial charge is 0.359 e. The van der Waals surface area contributed by atoms with Crippen molar-refractivity contribution in [1.29, 1.82) is 0 Å². The van der Waals surface area contributed by atoms with E-state index < -0.39 is 15.8 Å². The Bertz CT molecular complexity index is 1000. The zero-order valence-corrected chi connectivity index (χ0v) is 19.1. The van der Waals surface area contributed by atoms with Crippen molar-refractivity contribution in [3.8, 4) is 11.3 Å². The van der Waals surface area contributed by atoms with Gasteiger partial charge in [0.2, 0.25) is 10.0 Å². The molecule has 3 heterocycles. The quantitative estimate of drug-likeness (QED) is 0.677. The van der Waals surface area contributed by atoms with Crippen molar-refractivity contribution in [3.05, 3.63) is 42.2 Å². The van der Waals surface area contributed by atoms with Crippen LogP contribution in [0.25, 0.3) is 11.3 Å². The molecule has 1 aliphatic carbocycles. The normalized spacial score (nSPS) is 26.5. The Hall–Kier alpha value is -1.78. The van der Waals surface area contributed by atoms with Crippen LogP contribution >= 0.6 is 0 Å². The Morgan fingerprint density at radius 2 is 1.75 bits per heavy atom.